The summed E-state index contributed by atoms with van der Waals surface area (Å²) in [5, 5.41) is 28.2. The summed E-state index contributed by atoms with van der Waals surface area (Å²) in [5.41, 5.74) is 0.287. The van der Waals surface area contributed by atoms with Crippen molar-refractivity contribution in [1.82, 2.24) is 4.31 Å². The molecule has 0 saturated carbocycles. The minimum absolute atomic E-state index is 0.0132. The first-order valence-electron chi connectivity index (χ1n) is 8.69. The quantitative estimate of drug-likeness (QED) is 0.708. The molecular formula is C18H19ClN4O5S. The Hall–Kier alpha value is -2.69. The first kappa shape index (κ1) is 21.0. The zero-order valence-corrected chi connectivity index (χ0v) is 17.2. The number of hydrogen-bond donors (Lipinski definition) is 2. The van der Waals surface area contributed by atoms with Crippen molar-refractivity contribution < 1.29 is 23.4 Å². The SMILES string of the molecule is CCCN(C)S(=O)(=O)c1cc(C2N=NC(=O)N2c2ccccc2Cl)c(O)cc1O. The van der Waals surface area contributed by atoms with Crippen LogP contribution >= 0.6 is 11.6 Å². The molecule has 1 aliphatic heterocycles. The fraction of sp³-hybridized carbons (Fsp3) is 0.278. The van der Waals surface area contributed by atoms with Crippen LogP contribution in [0.3, 0.4) is 0 Å². The Morgan fingerprint density at radius 2 is 1.90 bits per heavy atom. The highest BCUT2D eigenvalue weighted by atomic mass is 35.5. The molecule has 9 nitrogen and oxygen atoms in total. The van der Waals surface area contributed by atoms with E-state index in [0.29, 0.717) is 12.1 Å². The number of carbonyl (C=O) groups excluding carboxylic acids is 1. The maximum atomic E-state index is 12.8. The fourth-order valence-electron chi connectivity index (χ4n) is 2.98. The number of halogens is 1. The number of azo groups is 1. The molecule has 3 rings (SSSR count). The standard InChI is InChI=1S/C18H19ClN4O5S/c1-3-8-22(2)29(27,28)16-9-11(14(24)10-15(16)25)17-20-21-18(26)23(17)13-7-5-4-6-12(13)19/h4-7,9-10,17,24-25H,3,8H2,1-2H3. The number of urea groups is 1. The smallest absolute Gasteiger partial charge is 0.368 e. The molecule has 0 bridgehead atoms. The molecule has 2 N–H and O–H groups in total. The monoisotopic (exact) mass is 438 g/mol. The summed E-state index contributed by atoms with van der Waals surface area (Å²) in [6.45, 7) is 2.06. The summed E-state index contributed by atoms with van der Waals surface area (Å²) in [5.74, 6) is -1.05. The first-order chi connectivity index (χ1) is 13.7. The van der Waals surface area contributed by atoms with Crippen LogP contribution < -0.4 is 4.90 Å². The summed E-state index contributed by atoms with van der Waals surface area (Å²) >= 11 is 6.19. The van der Waals surface area contributed by atoms with E-state index in [4.69, 9.17) is 11.6 Å². The Labute approximate surface area is 172 Å². The van der Waals surface area contributed by atoms with Gasteiger partial charge in [0.1, 0.15) is 16.4 Å². The number of amides is 2. The highest BCUT2D eigenvalue weighted by Gasteiger charge is 2.36. The topological polar surface area (TPSA) is 123 Å². The Bertz CT molecular complexity index is 1090. The van der Waals surface area contributed by atoms with Crippen LogP contribution in [-0.4, -0.2) is 42.6 Å². The average Bonchev–Trinajstić information content (AvgIpc) is 3.03. The van der Waals surface area contributed by atoms with Crippen molar-refractivity contribution in [3.8, 4) is 11.5 Å². The van der Waals surface area contributed by atoms with Crippen molar-refractivity contribution in [3.63, 3.8) is 0 Å². The largest absolute Gasteiger partial charge is 0.507 e. The number of rotatable bonds is 6. The second-order valence-electron chi connectivity index (χ2n) is 6.40. The van der Waals surface area contributed by atoms with Crippen LogP contribution in [0.1, 0.15) is 25.1 Å². The molecule has 0 aromatic heterocycles. The number of hydrogen-bond acceptors (Lipinski definition) is 6. The van der Waals surface area contributed by atoms with Crippen LogP contribution in [0.2, 0.25) is 5.02 Å². The van der Waals surface area contributed by atoms with Gasteiger partial charge in [-0.05, 0) is 24.6 Å². The number of nitrogens with zero attached hydrogens (tertiary/aromatic N) is 4. The predicted molar refractivity (Wildman–Crippen MR) is 107 cm³/mol. The number of benzene rings is 2. The van der Waals surface area contributed by atoms with Crippen LogP contribution in [0.25, 0.3) is 0 Å². The average molecular weight is 439 g/mol. The van der Waals surface area contributed by atoms with Crippen molar-refractivity contribution in [2.24, 2.45) is 10.2 Å². The van der Waals surface area contributed by atoms with E-state index in [2.05, 4.69) is 10.2 Å². The van der Waals surface area contributed by atoms with Gasteiger partial charge in [0.05, 0.1) is 10.7 Å². The highest BCUT2D eigenvalue weighted by Crippen LogP contribution is 2.43. The van der Waals surface area contributed by atoms with Gasteiger partial charge in [0.25, 0.3) is 0 Å². The molecule has 1 aliphatic rings. The van der Waals surface area contributed by atoms with E-state index in [0.717, 1.165) is 21.3 Å². The van der Waals surface area contributed by atoms with Gasteiger partial charge in [-0.3, -0.25) is 4.90 Å². The molecule has 154 valence electrons. The number of para-hydroxylation sites is 1. The molecule has 11 heteroatoms. The number of sulfonamides is 1. The molecule has 2 aromatic rings. The van der Waals surface area contributed by atoms with E-state index < -0.39 is 38.6 Å². The van der Waals surface area contributed by atoms with Crippen molar-refractivity contribution in [1.29, 1.82) is 0 Å². The van der Waals surface area contributed by atoms with Crippen LogP contribution in [0.5, 0.6) is 11.5 Å². The van der Waals surface area contributed by atoms with Gasteiger partial charge in [-0.1, -0.05) is 35.8 Å². The summed E-state index contributed by atoms with van der Waals surface area (Å²) in [6.07, 6.45) is -0.569. The molecule has 29 heavy (non-hydrogen) atoms. The van der Waals surface area contributed by atoms with E-state index >= 15 is 0 Å². The molecule has 1 unspecified atom stereocenters. The molecule has 0 fully saturated rings. The minimum Gasteiger partial charge on any atom is -0.507 e. The number of aromatic hydroxyl groups is 2. The van der Waals surface area contributed by atoms with Gasteiger partial charge in [0.2, 0.25) is 10.0 Å². The summed E-state index contributed by atoms with van der Waals surface area (Å²) in [6, 6.07) is 7.78. The number of carbonyl (C=O) groups is 1. The third-order valence-corrected chi connectivity index (χ3v) is 6.63. The third-order valence-electron chi connectivity index (χ3n) is 4.43. The fourth-order valence-corrected chi connectivity index (χ4v) is 4.57. The van der Waals surface area contributed by atoms with Gasteiger partial charge in [-0.2, -0.15) is 5.11 Å². The zero-order valence-electron chi connectivity index (χ0n) is 15.6. The Morgan fingerprint density at radius 3 is 2.55 bits per heavy atom. The van der Waals surface area contributed by atoms with Crippen molar-refractivity contribution in [2.45, 2.75) is 24.4 Å². The molecular weight excluding hydrogens is 420 g/mol. The van der Waals surface area contributed by atoms with Crippen LogP contribution in [0, 0.1) is 0 Å². The van der Waals surface area contributed by atoms with Gasteiger partial charge < -0.3 is 10.2 Å². The molecule has 0 spiro atoms. The molecule has 2 aromatic carbocycles. The normalized spacial score (nSPS) is 16.8. The third kappa shape index (κ3) is 3.78. The van der Waals surface area contributed by atoms with Crippen LogP contribution in [0.15, 0.2) is 51.5 Å². The maximum Gasteiger partial charge on any atom is 0.368 e. The second-order valence-corrected chi connectivity index (χ2v) is 8.82. The predicted octanol–water partition coefficient (Wildman–Crippen LogP) is 3.87. The lowest BCUT2D eigenvalue weighted by molar-refractivity contribution is 0.255. The Kier molecular flexibility index (Phi) is 5.78. The summed E-state index contributed by atoms with van der Waals surface area (Å²) in [4.78, 5) is 13.0. The van der Waals surface area contributed by atoms with Crippen molar-refractivity contribution >= 4 is 33.3 Å². The lowest BCUT2D eigenvalue weighted by atomic mass is 10.1. The van der Waals surface area contributed by atoms with E-state index in [1.807, 2.05) is 6.92 Å². The molecule has 1 atom stereocenters. The highest BCUT2D eigenvalue weighted by molar-refractivity contribution is 7.89. The first-order valence-corrected chi connectivity index (χ1v) is 10.5. The number of phenols is 2. The van der Waals surface area contributed by atoms with Gasteiger partial charge in [0, 0.05) is 25.2 Å². The van der Waals surface area contributed by atoms with E-state index in [1.54, 1.807) is 24.3 Å². The number of phenolic OH excluding ortho intramolecular Hbond substituents is 2. The van der Waals surface area contributed by atoms with Gasteiger partial charge in [-0.25, -0.2) is 17.5 Å². The van der Waals surface area contributed by atoms with E-state index in [-0.39, 0.29) is 17.1 Å². The second kappa shape index (κ2) is 7.97. The van der Waals surface area contributed by atoms with E-state index in [9.17, 15) is 23.4 Å². The summed E-state index contributed by atoms with van der Waals surface area (Å²) < 4.78 is 26.7. The van der Waals surface area contributed by atoms with Crippen LogP contribution in [0.4, 0.5) is 10.5 Å². The Morgan fingerprint density at radius 1 is 1.21 bits per heavy atom. The maximum absolute atomic E-state index is 12.8. The minimum atomic E-state index is -4.03. The molecule has 1 heterocycles. The van der Waals surface area contributed by atoms with Crippen LogP contribution in [-0.2, 0) is 10.0 Å². The lowest BCUT2D eigenvalue weighted by Gasteiger charge is -2.24. The van der Waals surface area contributed by atoms with Crippen molar-refractivity contribution in [3.05, 3.63) is 47.0 Å². The molecule has 2 amide bonds. The van der Waals surface area contributed by atoms with Gasteiger partial charge >= 0.3 is 6.03 Å². The summed E-state index contributed by atoms with van der Waals surface area (Å²) in [7, 11) is -2.65. The lowest BCUT2D eigenvalue weighted by Crippen LogP contribution is -2.29. The van der Waals surface area contributed by atoms with Crippen molar-refractivity contribution in [2.75, 3.05) is 18.5 Å². The number of anilines is 1. The molecule has 0 saturated heterocycles. The van der Waals surface area contributed by atoms with E-state index in [1.165, 1.54) is 7.05 Å². The zero-order chi connectivity index (χ0) is 21.3. The molecule has 0 aliphatic carbocycles. The Balaban J connectivity index is 2.12. The molecule has 0 radical (unpaired) electrons. The van der Waals surface area contributed by atoms with Gasteiger partial charge in [-0.15, -0.1) is 0 Å². The van der Waals surface area contributed by atoms with Gasteiger partial charge in [0.15, 0.2) is 6.17 Å².